The van der Waals surface area contributed by atoms with Crippen LogP contribution in [0.3, 0.4) is 0 Å². The number of aromatic nitrogens is 1. The normalized spacial score (nSPS) is 26.7. The van der Waals surface area contributed by atoms with Gasteiger partial charge in [0.25, 0.3) is 5.91 Å². The largest absolute Gasteiger partial charge is 0.480 e. The van der Waals surface area contributed by atoms with E-state index in [0.717, 1.165) is 18.6 Å². The van der Waals surface area contributed by atoms with E-state index in [1.165, 1.54) is 16.7 Å². The number of carbonyl (C=O) groups is 2. The predicted octanol–water partition coefficient (Wildman–Crippen LogP) is 1.54. The van der Waals surface area contributed by atoms with Gasteiger partial charge in [-0.25, -0.2) is 4.79 Å². The number of amides is 1. The number of hydrogen-bond donors (Lipinski definition) is 1. The monoisotopic (exact) mass is 282 g/mol. The molecule has 1 saturated heterocycles. The van der Waals surface area contributed by atoms with Crippen LogP contribution < -0.4 is 0 Å². The molecule has 2 atom stereocenters. The van der Waals surface area contributed by atoms with Crippen LogP contribution in [0.25, 0.3) is 0 Å². The Morgan fingerprint density at radius 1 is 1.53 bits per heavy atom. The molecule has 3 rings (SSSR count). The lowest BCUT2D eigenvalue weighted by molar-refractivity contribution is -0.141. The first-order chi connectivity index (χ1) is 9.08. The summed E-state index contributed by atoms with van der Waals surface area (Å²) in [4.78, 5) is 24.9. The summed E-state index contributed by atoms with van der Waals surface area (Å²) in [7, 11) is 0. The first-order valence-electron chi connectivity index (χ1n) is 6.21. The van der Waals surface area contributed by atoms with Crippen LogP contribution in [-0.2, 0) is 4.79 Å². The van der Waals surface area contributed by atoms with Crippen LogP contribution in [0.1, 0.15) is 41.9 Å². The summed E-state index contributed by atoms with van der Waals surface area (Å²) < 4.78 is 5.15. The first kappa shape index (κ1) is 12.5. The molecular formula is C12H14N2O4S. The highest BCUT2D eigenvalue weighted by Crippen LogP contribution is 2.40. The molecule has 0 aromatic carbocycles. The lowest BCUT2D eigenvalue weighted by atomic mass is 10.2. The lowest BCUT2D eigenvalue weighted by Gasteiger charge is -2.23. The molecule has 2 heterocycles. The summed E-state index contributed by atoms with van der Waals surface area (Å²) in [6.07, 6.45) is 2.13. The maximum atomic E-state index is 12.4. The molecule has 1 saturated carbocycles. The molecule has 1 aromatic rings. The van der Waals surface area contributed by atoms with Gasteiger partial charge in [-0.3, -0.25) is 4.79 Å². The van der Waals surface area contributed by atoms with E-state index in [2.05, 4.69) is 5.16 Å². The van der Waals surface area contributed by atoms with Crippen LogP contribution in [0.2, 0.25) is 0 Å². The Bertz CT molecular complexity index is 526. The molecule has 2 aliphatic rings. The number of carbonyl (C=O) groups excluding carboxylic acids is 1. The molecule has 102 valence electrons. The number of nitrogens with zero attached hydrogens (tertiary/aromatic N) is 2. The Labute approximate surface area is 114 Å². The molecule has 7 heteroatoms. The Morgan fingerprint density at radius 2 is 2.26 bits per heavy atom. The van der Waals surface area contributed by atoms with Crippen molar-refractivity contribution in [3.05, 3.63) is 17.5 Å². The zero-order valence-electron chi connectivity index (χ0n) is 10.4. The fourth-order valence-electron chi connectivity index (χ4n) is 2.22. The number of carboxylic acid groups (broad SMARTS) is 1. The van der Waals surface area contributed by atoms with E-state index in [9.17, 15) is 9.59 Å². The molecule has 0 radical (unpaired) electrons. The van der Waals surface area contributed by atoms with E-state index in [0.29, 0.717) is 11.7 Å². The molecule has 1 aliphatic carbocycles. The number of rotatable bonds is 3. The molecule has 1 aliphatic heterocycles. The quantitative estimate of drug-likeness (QED) is 0.905. The molecule has 0 bridgehead atoms. The molecule has 1 N–H and O–H groups in total. The molecule has 2 fully saturated rings. The smallest absolute Gasteiger partial charge is 0.327 e. The second-order valence-corrected chi connectivity index (χ2v) is 6.24. The van der Waals surface area contributed by atoms with Crippen molar-refractivity contribution in [2.24, 2.45) is 0 Å². The minimum Gasteiger partial charge on any atom is -0.480 e. The summed E-state index contributed by atoms with van der Waals surface area (Å²) in [5.74, 6) is 0.191. The molecular weight excluding hydrogens is 268 g/mol. The number of aliphatic carboxylic acids is 1. The van der Waals surface area contributed by atoms with E-state index in [1.807, 2.05) is 6.92 Å². The standard InChI is InChI=1S/C12H14N2O4S/c1-6-14(9(5-19-6)12(16)17)11(15)8-4-10(18-13-8)7-2-3-7/h4,6-7,9H,2-3,5H2,1H3,(H,16,17). The van der Waals surface area contributed by atoms with Crippen LogP contribution in [-0.4, -0.2) is 44.2 Å². The molecule has 2 unspecified atom stereocenters. The molecule has 1 amide bonds. The molecule has 0 spiro atoms. The number of hydrogen-bond acceptors (Lipinski definition) is 5. The molecule has 19 heavy (non-hydrogen) atoms. The van der Waals surface area contributed by atoms with Crippen molar-refractivity contribution >= 4 is 23.6 Å². The minimum atomic E-state index is -0.976. The summed E-state index contributed by atoms with van der Waals surface area (Å²) in [5, 5.41) is 12.8. The number of thioether (sulfide) groups is 1. The zero-order valence-corrected chi connectivity index (χ0v) is 11.2. The third kappa shape index (κ3) is 2.22. The van der Waals surface area contributed by atoms with Gasteiger partial charge in [0.15, 0.2) is 5.69 Å². The fourth-order valence-corrected chi connectivity index (χ4v) is 3.39. The van der Waals surface area contributed by atoms with Crippen LogP contribution in [0.5, 0.6) is 0 Å². The summed E-state index contributed by atoms with van der Waals surface area (Å²) in [6.45, 7) is 1.83. The second kappa shape index (κ2) is 4.56. The Morgan fingerprint density at radius 3 is 2.89 bits per heavy atom. The van der Waals surface area contributed by atoms with Crippen molar-refractivity contribution < 1.29 is 19.2 Å². The van der Waals surface area contributed by atoms with E-state index >= 15 is 0 Å². The maximum absolute atomic E-state index is 12.4. The Balaban J connectivity index is 1.82. The van der Waals surface area contributed by atoms with E-state index in [1.54, 1.807) is 6.07 Å². The van der Waals surface area contributed by atoms with Crippen LogP contribution >= 0.6 is 11.8 Å². The van der Waals surface area contributed by atoms with Gasteiger partial charge in [0.1, 0.15) is 11.8 Å². The highest BCUT2D eigenvalue weighted by atomic mass is 32.2. The van der Waals surface area contributed by atoms with Crippen LogP contribution in [0.15, 0.2) is 10.6 Å². The summed E-state index contributed by atoms with van der Waals surface area (Å²) in [5.41, 5.74) is 0.211. The van der Waals surface area contributed by atoms with E-state index in [4.69, 9.17) is 9.63 Å². The van der Waals surface area contributed by atoms with Crippen molar-refractivity contribution in [2.75, 3.05) is 5.75 Å². The van der Waals surface area contributed by atoms with Gasteiger partial charge < -0.3 is 14.5 Å². The Hall–Kier alpha value is -1.50. The molecule has 6 nitrogen and oxygen atoms in total. The SMILES string of the molecule is CC1SCC(C(=O)O)N1C(=O)c1cc(C2CC2)on1. The van der Waals surface area contributed by atoms with Crippen LogP contribution in [0, 0.1) is 0 Å². The zero-order chi connectivity index (χ0) is 13.6. The number of carboxylic acids is 1. The van der Waals surface area contributed by atoms with Crippen molar-refractivity contribution in [3.63, 3.8) is 0 Å². The van der Waals surface area contributed by atoms with E-state index in [-0.39, 0.29) is 17.0 Å². The maximum Gasteiger partial charge on any atom is 0.327 e. The Kier molecular flexibility index (Phi) is 3.00. The second-order valence-electron chi connectivity index (χ2n) is 4.89. The summed E-state index contributed by atoms with van der Waals surface area (Å²) >= 11 is 1.46. The van der Waals surface area contributed by atoms with Gasteiger partial charge in [0.2, 0.25) is 0 Å². The first-order valence-corrected chi connectivity index (χ1v) is 7.26. The van der Waals surface area contributed by atoms with Crippen molar-refractivity contribution in [1.29, 1.82) is 0 Å². The topological polar surface area (TPSA) is 83.6 Å². The summed E-state index contributed by atoms with van der Waals surface area (Å²) in [6, 6.07) is 0.864. The van der Waals surface area contributed by atoms with Gasteiger partial charge >= 0.3 is 5.97 Å². The van der Waals surface area contributed by atoms with Gasteiger partial charge in [-0.1, -0.05) is 5.16 Å². The average molecular weight is 282 g/mol. The van der Waals surface area contributed by atoms with Crippen molar-refractivity contribution in [1.82, 2.24) is 10.1 Å². The highest BCUT2D eigenvalue weighted by molar-refractivity contribution is 8.00. The van der Waals surface area contributed by atoms with Crippen LogP contribution in [0.4, 0.5) is 0 Å². The molecule has 1 aromatic heterocycles. The third-order valence-electron chi connectivity index (χ3n) is 3.47. The van der Waals surface area contributed by atoms with Gasteiger partial charge in [-0.15, -0.1) is 11.8 Å². The van der Waals surface area contributed by atoms with Gasteiger partial charge in [-0.05, 0) is 19.8 Å². The fraction of sp³-hybridized carbons (Fsp3) is 0.583. The third-order valence-corrected chi connectivity index (χ3v) is 4.69. The minimum absolute atomic E-state index is 0.158. The van der Waals surface area contributed by atoms with Crippen molar-refractivity contribution in [2.45, 2.75) is 37.1 Å². The lowest BCUT2D eigenvalue weighted by Crippen LogP contribution is -2.44. The van der Waals surface area contributed by atoms with Gasteiger partial charge in [-0.2, -0.15) is 0 Å². The van der Waals surface area contributed by atoms with E-state index < -0.39 is 12.0 Å². The van der Waals surface area contributed by atoms with Gasteiger partial charge in [0.05, 0.1) is 5.37 Å². The highest BCUT2D eigenvalue weighted by Gasteiger charge is 2.41. The average Bonchev–Trinajstić information content (AvgIpc) is 2.97. The predicted molar refractivity (Wildman–Crippen MR) is 68.0 cm³/mol. The van der Waals surface area contributed by atoms with Crippen molar-refractivity contribution in [3.8, 4) is 0 Å². The van der Waals surface area contributed by atoms with Gasteiger partial charge in [0, 0.05) is 17.7 Å².